The summed E-state index contributed by atoms with van der Waals surface area (Å²) in [4.78, 5) is 68.5. The van der Waals surface area contributed by atoms with Gasteiger partial charge in [0.1, 0.15) is 17.7 Å². The molecule has 3 aliphatic rings. The van der Waals surface area contributed by atoms with Crippen LogP contribution in [0.15, 0.2) is 49.6 Å². The number of carbonyl (C=O) groups is 5. The van der Waals surface area contributed by atoms with Gasteiger partial charge in [-0.1, -0.05) is 50.3 Å². The number of ketones is 1. The minimum atomic E-state index is -1.08. The van der Waals surface area contributed by atoms with Crippen LogP contribution < -0.4 is 16.0 Å². The number of amides is 4. The summed E-state index contributed by atoms with van der Waals surface area (Å²) in [6.07, 6.45) is 4.18. The van der Waals surface area contributed by atoms with Crippen molar-refractivity contribution in [2.75, 3.05) is 13.1 Å². The molecular formula is C34H46N4O6. The minimum absolute atomic E-state index is 0.0865. The Morgan fingerprint density at radius 2 is 1.68 bits per heavy atom. The second-order valence-electron chi connectivity index (χ2n) is 13.7. The summed E-state index contributed by atoms with van der Waals surface area (Å²) in [5, 5.41) is 8.12. The fourth-order valence-corrected chi connectivity index (χ4v) is 6.86. The third-order valence-electron chi connectivity index (χ3n) is 9.18. The molecule has 238 valence electrons. The first kappa shape index (κ1) is 33.0. The first-order valence-electron chi connectivity index (χ1n) is 15.4. The average Bonchev–Trinajstić information content (AvgIpc) is 3.33. The van der Waals surface area contributed by atoms with E-state index < -0.39 is 47.4 Å². The van der Waals surface area contributed by atoms with Crippen molar-refractivity contribution in [1.82, 2.24) is 20.9 Å². The van der Waals surface area contributed by atoms with Gasteiger partial charge in [0.2, 0.25) is 17.6 Å². The number of nitrogens with zero attached hydrogens (tertiary/aromatic N) is 1. The van der Waals surface area contributed by atoms with Gasteiger partial charge in [-0.25, -0.2) is 4.79 Å². The Morgan fingerprint density at radius 3 is 2.25 bits per heavy atom. The number of likely N-dealkylation sites (tertiary alicyclic amines) is 1. The summed E-state index contributed by atoms with van der Waals surface area (Å²) in [5.74, 6) is -2.68. The molecule has 0 spiro atoms. The minimum Gasteiger partial charge on any atom is -0.444 e. The molecule has 44 heavy (non-hydrogen) atoms. The van der Waals surface area contributed by atoms with Gasteiger partial charge in [-0.2, -0.15) is 0 Å². The van der Waals surface area contributed by atoms with Crippen LogP contribution in [-0.4, -0.2) is 71.3 Å². The monoisotopic (exact) mass is 606 g/mol. The molecule has 0 radical (unpaired) electrons. The first-order valence-corrected chi connectivity index (χ1v) is 15.4. The van der Waals surface area contributed by atoms with Crippen LogP contribution in [0.4, 0.5) is 4.79 Å². The van der Waals surface area contributed by atoms with E-state index in [0.717, 1.165) is 11.1 Å². The summed E-state index contributed by atoms with van der Waals surface area (Å²) < 4.78 is 5.53. The number of allylic oxidation sites excluding steroid dienone is 1. The number of Topliss-reactive ketones (excluding diaryl/α,β-unsaturated/α-hetero) is 1. The molecule has 2 fully saturated rings. The molecule has 1 aromatic rings. The van der Waals surface area contributed by atoms with E-state index >= 15 is 0 Å². The van der Waals surface area contributed by atoms with E-state index in [2.05, 4.69) is 43.0 Å². The van der Waals surface area contributed by atoms with Crippen LogP contribution in [0.25, 0.3) is 0 Å². The Morgan fingerprint density at radius 1 is 1.05 bits per heavy atom. The normalized spacial score (nSPS) is 22.9. The van der Waals surface area contributed by atoms with E-state index in [4.69, 9.17) is 4.74 Å². The van der Waals surface area contributed by atoms with Crippen molar-refractivity contribution in [3.63, 3.8) is 0 Å². The molecule has 1 heterocycles. The quantitative estimate of drug-likeness (QED) is 0.247. The van der Waals surface area contributed by atoms with E-state index in [-0.39, 0.29) is 42.0 Å². The summed E-state index contributed by atoms with van der Waals surface area (Å²) in [7, 11) is 0. The van der Waals surface area contributed by atoms with E-state index in [9.17, 15) is 24.0 Å². The molecule has 5 atom stereocenters. The zero-order valence-electron chi connectivity index (χ0n) is 26.5. The van der Waals surface area contributed by atoms with Gasteiger partial charge in [0, 0.05) is 13.1 Å². The summed E-state index contributed by atoms with van der Waals surface area (Å²) in [6.45, 7) is 17.1. The number of nitrogens with one attached hydrogen (secondary N) is 3. The highest BCUT2D eigenvalue weighted by molar-refractivity contribution is 6.38. The predicted octanol–water partition coefficient (Wildman–Crippen LogP) is 3.10. The van der Waals surface area contributed by atoms with Crippen LogP contribution in [0.5, 0.6) is 0 Å². The SMILES string of the molecule is C=CCCC(NC(=O)C1C2C(CN1C(=O)C(NC(=O)OC(C)(C)C)C1Cc3ccccc3C1)C2(C)C)C(=O)C(=O)NCC=C. The lowest BCUT2D eigenvalue weighted by molar-refractivity contribution is -0.144. The molecule has 1 aliphatic heterocycles. The molecular weight excluding hydrogens is 560 g/mol. The largest absolute Gasteiger partial charge is 0.444 e. The number of hydrogen-bond donors (Lipinski definition) is 3. The second kappa shape index (κ2) is 13.0. The van der Waals surface area contributed by atoms with Crippen LogP contribution in [0.1, 0.15) is 58.6 Å². The summed E-state index contributed by atoms with van der Waals surface area (Å²) >= 11 is 0. The maximum atomic E-state index is 14.4. The Bertz CT molecular complexity index is 1310. The predicted molar refractivity (Wildman–Crippen MR) is 166 cm³/mol. The third-order valence-corrected chi connectivity index (χ3v) is 9.18. The maximum absolute atomic E-state index is 14.4. The fraction of sp³-hybridized carbons (Fsp3) is 0.559. The van der Waals surface area contributed by atoms with E-state index in [1.165, 1.54) is 6.08 Å². The smallest absolute Gasteiger partial charge is 0.408 e. The molecule has 1 saturated carbocycles. The molecule has 10 nitrogen and oxygen atoms in total. The van der Waals surface area contributed by atoms with Gasteiger partial charge in [0.25, 0.3) is 5.91 Å². The molecule has 1 saturated heterocycles. The number of piperidine rings is 1. The fourth-order valence-electron chi connectivity index (χ4n) is 6.86. The van der Waals surface area contributed by atoms with Gasteiger partial charge in [-0.15, -0.1) is 13.2 Å². The number of carbonyl (C=O) groups excluding carboxylic acids is 5. The van der Waals surface area contributed by atoms with E-state index in [1.54, 1.807) is 31.7 Å². The molecule has 0 bridgehead atoms. The molecule has 10 heteroatoms. The lowest BCUT2D eigenvalue weighted by atomic mass is 9.93. The summed E-state index contributed by atoms with van der Waals surface area (Å²) in [5.41, 5.74) is 1.31. The van der Waals surface area contributed by atoms with E-state index in [1.807, 2.05) is 24.3 Å². The van der Waals surface area contributed by atoms with Gasteiger partial charge >= 0.3 is 6.09 Å². The number of rotatable bonds is 12. The van der Waals surface area contributed by atoms with E-state index in [0.29, 0.717) is 25.8 Å². The zero-order valence-corrected chi connectivity index (χ0v) is 26.5. The number of hydrogen-bond acceptors (Lipinski definition) is 6. The van der Waals surface area contributed by atoms with Crippen molar-refractivity contribution in [1.29, 1.82) is 0 Å². The molecule has 5 unspecified atom stereocenters. The van der Waals surface area contributed by atoms with Crippen LogP contribution in [0.2, 0.25) is 0 Å². The third kappa shape index (κ3) is 7.05. The number of ether oxygens (including phenoxy) is 1. The summed E-state index contributed by atoms with van der Waals surface area (Å²) in [6, 6.07) is 5.11. The first-order chi connectivity index (χ1) is 20.7. The number of benzene rings is 1. The molecule has 0 aromatic heterocycles. The molecule has 4 amide bonds. The van der Waals surface area contributed by atoms with Crippen molar-refractivity contribution in [2.24, 2.45) is 23.2 Å². The van der Waals surface area contributed by atoms with Gasteiger partial charge in [0.05, 0.1) is 6.04 Å². The van der Waals surface area contributed by atoms with Gasteiger partial charge in [-0.3, -0.25) is 19.2 Å². The van der Waals surface area contributed by atoms with Crippen LogP contribution in [-0.2, 0) is 36.8 Å². The van der Waals surface area contributed by atoms with Crippen molar-refractivity contribution in [2.45, 2.75) is 84.0 Å². The number of fused-ring (bicyclic) bond motifs is 2. The standard InChI is InChI=1S/C34H46N4O6/c1-8-10-15-24(28(39)30(41)35-16-9-2)36-29(40)27-25-23(34(25,6)7)19-38(27)31(42)26(37-32(43)44-33(3,4)5)22-17-20-13-11-12-14-21(20)18-22/h8-9,11-14,22-27H,1-2,10,15-19H2,3-7H3,(H,35,41)(H,36,40)(H,37,43). The van der Waals surface area contributed by atoms with Gasteiger partial charge in [-0.05, 0) is 80.8 Å². The van der Waals surface area contributed by atoms with Crippen molar-refractivity contribution in [3.8, 4) is 0 Å². The topological polar surface area (TPSA) is 134 Å². The molecule has 3 N–H and O–H groups in total. The highest BCUT2D eigenvalue weighted by Crippen LogP contribution is 2.65. The average molecular weight is 607 g/mol. The Labute approximate surface area is 260 Å². The van der Waals surface area contributed by atoms with Crippen LogP contribution in [0, 0.1) is 23.2 Å². The molecule has 4 rings (SSSR count). The van der Waals surface area contributed by atoms with Crippen molar-refractivity contribution in [3.05, 3.63) is 60.7 Å². The van der Waals surface area contributed by atoms with Crippen LogP contribution >= 0.6 is 0 Å². The zero-order chi connectivity index (χ0) is 32.4. The van der Waals surface area contributed by atoms with Crippen LogP contribution in [0.3, 0.4) is 0 Å². The number of alkyl carbamates (subject to hydrolysis) is 1. The maximum Gasteiger partial charge on any atom is 0.408 e. The lowest BCUT2D eigenvalue weighted by Crippen LogP contribution is -2.59. The van der Waals surface area contributed by atoms with Crippen molar-refractivity contribution >= 4 is 29.6 Å². The highest BCUT2D eigenvalue weighted by atomic mass is 16.6. The highest BCUT2D eigenvalue weighted by Gasteiger charge is 2.69. The molecule has 2 aliphatic carbocycles. The van der Waals surface area contributed by atoms with Crippen molar-refractivity contribution < 1.29 is 28.7 Å². The van der Waals surface area contributed by atoms with Gasteiger partial charge in [0.15, 0.2) is 0 Å². The second-order valence-corrected chi connectivity index (χ2v) is 13.7. The Kier molecular flexibility index (Phi) is 9.71. The van der Waals surface area contributed by atoms with Gasteiger partial charge < -0.3 is 25.6 Å². The lowest BCUT2D eigenvalue weighted by Gasteiger charge is -2.35. The Balaban J connectivity index is 1.59. The molecule has 1 aromatic carbocycles. The Hall–Kier alpha value is -3.95.